The summed E-state index contributed by atoms with van der Waals surface area (Å²) in [7, 11) is 0. The number of aromatic nitrogens is 4. The van der Waals surface area contributed by atoms with E-state index in [1.54, 1.807) is 16.7 Å². The van der Waals surface area contributed by atoms with Crippen LogP contribution in [0.2, 0.25) is 0 Å². The normalized spacial score (nSPS) is 12.4. The molecule has 0 bridgehead atoms. The molecule has 142 valence electrons. The van der Waals surface area contributed by atoms with E-state index in [1.807, 2.05) is 37.3 Å². The Balaban J connectivity index is 1.43. The highest BCUT2D eigenvalue weighted by Gasteiger charge is 2.13. The molecule has 0 saturated heterocycles. The fourth-order valence-corrected chi connectivity index (χ4v) is 3.68. The van der Waals surface area contributed by atoms with Gasteiger partial charge in [-0.25, -0.2) is 4.98 Å². The Bertz CT molecular complexity index is 1150. The molecule has 0 aliphatic carbocycles. The number of nitrogens with zero attached hydrogens (tertiary/aromatic N) is 4. The van der Waals surface area contributed by atoms with Crippen LogP contribution in [-0.2, 0) is 12.2 Å². The van der Waals surface area contributed by atoms with Gasteiger partial charge in [-0.1, -0.05) is 55.1 Å². The highest BCUT2D eigenvalue weighted by Crippen LogP contribution is 2.24. The molecule has 0 fully saturated rings. The van der Waals surface area contributed by atoms with Crippen LogP contribution >= 0.6 is 11.8 Å². The molecule has 0 aliphatic heterocycles. The Hall–Kier alpha value is -2.93. The van der Waals surface area contributed by atoms with Gasteiger partial charge >= 0.3 is 0 Å². The van der Waals surface area contributed by atoms with E-state index in [2.05, 4.69) is 34.2 Å². The lowest BCUT2D eigenvalue weighted by Crippen LogP contribution is -2.15. The summed E-state index contributed by atoms with van der Waals surface area (Å²) < 4.78 is 7.32. The van der Waals surface area contributed by atoms with Gasteiger partial charge in [0.05, 0.1) is 5.69 Å². The number of benzene rings is 1. The Labute approximate surface area is 166 Å². The van der Waals surface area contributed by atoms with Crippen molar-refractivity contribution in [3.05, 3.63) is 87.8 Å². The van der Waals surface area contributed by atoms with Gasteiger partial charge in [0.2, 0.25) is 5.89 Å². The monoisotopic (exact) mass is 392 g/mol. The first-order valence-electron chi connectivity index (χ1n) is 9.07. The van der Waals surface area contributed by atoms with Crippen LogP contribution in [0.5, 0.6) is 0 Å². The van der Waals surface area contributed by atoms with Crippen LogP contribution in [0.25, 0.3) is 5.65 Å². The molecule has 0 saturated carbocycles. The Morgan fingerprint density at radius 2 is 1.96 bits per heavy atom. The SMILES string of the molecule is Cc1ccc2nc(CSc3nnc(CC(C)c4ccccc4)o3)cc(=O)n2c1. The molecule has 7 heteroatoms. The molecule has 0 N–H and O–H groups in total. The first-order chi connectivity index (χ1) is 13.6. The van der Waals surface area contributed by atoms with E-state index in [4.69, 9.17) is 4.42 Å². The van der Waals surface area contributed by atoms with Crippen LogP contribution in [0.3, 0.4) is 0 Å². The maximum absolute atomic E-state index is 12.3. The van der Waals surface area contributed by atoms with Gasteiger partial charge in [-0.05, 0) is 30.0 Å². The van der Waals surface area contributed by atoms with Gasteiger partial charge in [0.25, 0.3) is 10.8 Å². The van der Waals surface area contributed by atoms with E-state index in [-0.39, 0.29) is 5.56 Å². The van der Waals surface area contributed by atoms with E-state index in [0.29, 0.717) is 40.5 Å². The maximum atomic E-state index is 12.3. The van der Waals surface area contributed by atoms with Crippen LogP contribution in [-0.4, -0.2) is 19.6 Å². The van der Waals surface area contributed by atoms with Gasteiger partial charge in [0.15, 0.2) is 0 Å². The van der Waals surface area contributed by atoms with Crippen LogP contribution in [0.4, 0.5) is 0 Å². The lowest BCUT2D eigenvalue weighted by molar-refractivity contribution is 0.404. The highest BCUT2D eigenvalue weighted by molar-refractivity contribution is 7.98. The zero-order valence-corrected chi connectivity index (χ0v) is 16.5. The first kappa shape index (κ1) is 18.4. The second-order valence-electron chi connectivity index (χ2n) is 6.79. The molecule has 0 aliphatic rings. The van der Waals surface area contributed by atoms with Gasteiger partial charge in [0, 0.05) is 24.4 Å². The summed E-state index contributed by atoms with van der Waals surface area (Å²) in [6, 6.07) is 15.6. The van der Waals surface area contributed by atoms with Crippen molar-refractivity contribution in [1.29, 1.82) is 0 Å². The van der Waals surface area contributed by atoms with E-state index in [1.165, 1.54) is 17.3 Å². The summed E-state index contributed by atoms with van der Waals surface area (Å²) in [6.07, 6.45) is 2.48. The number of hydrogen-bond donors (Lipinski definition) is 0. The fraction of sp³-hybridized carbons (Fsp3) is 0.238. The average Bonchev–Trinajstić information content (AvgIpc) is 3.15. The molecule has 1 atom stereocenters. The summed E-state index contributed by atoms with van der Waals surface area (Å²) >= 11 is 1.39. The average molecular weight is 392 g/mol. The predicted octanol–water partition coefficient (Wildman–Crippen LogP) is 4.02. The van der Waals surface area contributed by atoms with Crippen LogP contribution in [0, 0.1) is 6.92 Å². The summed E-state index contributed by atoms with van der Waals surface area (Å²) in [4.78, 5) is 16.8. The van der Waals surface area contributed by atoms with Crippen molar-refractivity contribution in [3.63, 3.8) is 0 Å². The molecule has 0 radical (unpaired) electrons. The zero-order chi connectivity index (χ0) is 19.5. The largest absolute Gasteiger partial charge is 0.416 e. The number of aryl methyl sites for hydroxylation is 1. The van der Waals surface area contributed by atoms with Crippen LogP contribution in [0.15, 0.2) is 69.2 Å². The number of fused-ring (bicyclic) bond motifs is 1. The molecule has 6 nitrogen and oxygen atoms in total. The Morgan fingerprint density at radius 1 is 1.14 bits per heavy atom. The minimum atomic E-state index is -0.0906. The van der Waals surface area contributed by atoms with Crippen molar-refractivity contribution < 1.29 is 4.42 Å². The molecule has 0 spiro atoms. The second kappa shape index (κ2) is 7.98. The topological polar surface area (TPSA) is 73.3 Å². The van der Waals surface area contributed by atoms with Crippen molar-refractivity contribution in [3.8, 4) is 0 Å². The zero-order valence-electron chi connectivity index (χ0n) is 15.7. The maximum Gasteiger partial charge on any atom is 0.276 e. The standard InChI is InChI=1S/C21H20N4O2S/c1-14-8-9-18-22-17(11-20(26)25(18)12-14)13-28-21-24-23-19(27-21)10-15(2)16-6-4-3-5-7-16/h3-9,11-12,15H,10,13H2,1-2H3. The Kier molecular flexibility index (Phi) is 5.25. The number of rotatable bonds is 6. The van der Waals surface area contributed by atoms with Crippen LogP contribution in [0.1, 0.15) is 35.6 Å². The molecule has 3 heterocycles. The van der Waals surface area contributed by atoms with E-state index < -0.39 is 0 Å². The summed E-state index contributed by atoms with van der Waals surface area (Å²) in [5.74, 6) is 1.40. The highest BCUT2D eigenvalue weighted by atomic mass is 32.2. The molecule has 4 aromatic rings. The molecular formula is C21H20N4O2S. The number of hydrogen-bond acceptors (Lipinski definition) is 6. The predicted molar refractivity (Wildman–Crippen MR) is 109 cm³/mol. The minimum Gasteiger partial charge on any atom is -0.416 e. The van der Waals surface area contributed by atoms with Crippen molar-refractivity contribution in [1.82, 2.24) is 19.6 Å². The fourth-order valence-electron chi connectivity index (χ4n) is 3.01. The second-order valence-corrected chi connectivity index (χ2v) is 7.71. The minimum absolute atomic E-state index is 0.0906. The summed E-state index contributed by atoms with van der Waals surface area (Å²) in [6.45, 7) is 4.09. The van der Waals surface area contributed by atoms with Gasteiger partial charge < -0.3 is 4.42 Å². The van der Waals surface area contributed by atoms with Crippen LogP contribution < -0.4 is 5.56 Å². The smallest absolute Gasteiger partial charge is 0.276 e. The first-order valence-corrected chi connectivity index (χ1v) is 10.1. The third-order valence-electron chi connectivity index (χ3n) is 4.50. The van der Waals surface area contributed by atoms with Crippen molar-refractivity contribution >= 4 is 17.4 Å². The molecule has 0 amide bonds. The van der Waals surface area contributed by atoms with E-state index >= 15 is 0 Å². The molecule has 28 heavy (non-hydrogen) atoms. The third-order valence-corrected chi connectivity index (χ3v) is 5.35. The van der Waals surface area contributed by atoms with Crippen molar-refractivity contribution in [2.45, 2.75) is 37.2 Å². The molecule has 1 aromatic carbocycles. The number of thioether (sulfide) groups is 1. The van der Waals surface area contributed by atoms with Crippen molar-refractivity contribution in [2.75, 3.05) is 0 Å². The molecule has 3 aromatic heterocycles. The van der Waals surface area contributed by atoms with Gasteiger partial charge in [0.1, 0.15) is 5.65 Å². The third kappa shape index (κ3) is 4.14. The molecule has 1 unspecified atom stereocenters. The molecule has 4 rings (SSSR count). The van der Waals surface area contributed by atoms with Crippen molar-refractivity contribution in [2.24, 2.45) is 0 Å². The van der Waals surface area contributed by atoms with Gasteiger partial charge in [-0.15, -0.1) is 10.2 Å². The lowest BCUT2D eigenvalue weighted by atomic mass is 9.98. The van der Waals surface area contributed by atoms with E-state index in [0.717, 1.165) is 5.56 Å². The Morgan fingerprint density at radius 3 is 2.79 bits per heavy atom. The van der Waals surface area contributed by atoms with Gasteiger partial charge in [-0.2, -0.15) is 0 Å². The quantitative estimate of drug-likeness (QED) is 0.461. The molecular weight excluding hydrogens is 372 g/mol. The summed E-state index contributed by atoms with van der Waals surface area (Å²) in [5.41, 5.74) is 3.49. The lowest BCUT2D eigenvalue weighted by Gasteiger charge is -2.08. The van der Waals surface area contributed by atoms with Gasteiger partial charge in [-0.3, -0.25) is 9.20 Å². The number of pyridine rings is 1. The summed E-state index contributed by atoms with van der Waals surface area (Å²) in [5, 5.41) is 8.74. The van der Waals surface area contributed by atoms with E-state index in [9.17, 15) is 4.79 Å².